The number of cyclic esters (lactones) is 1. The highest BCUT2D eigenvalue weighted by atomic mass is 16.5. The molecule has 1 aliphatic carbocycles. The molecule has 0 radical (unpaired) electrons. The molecule has 0 bridgehead atoms. The third-order valence-corrected chi connectivity index (χ3v) is 18.1. The Morgan fingerprint density at radius 3 is 1.44 bits per heavy atom. The van der Waals surface area contributed by atoms with Gasteiger partial charge in [-0.05, 0) is 98.1 Å². The molecule has 3 aromatic carbocycles. The summed E-state index contributed by atoms with van der Waals surface area (Å²) in [5.41, 5.74) is 9.19. The van der Waals surface area contributed by atoms with Crippen LogP contribution in [0.3, 0.4) is 0 Å². The van der Waals surface area contributed by atoms with Crippen LogP contribution in [0.15, 0.2) is 78.9 Å². The number of benzene rings is 3. The zero-order valence-electron chi connectivity index (χ0n) is 56.2. The Hall–Kier alpha value is -8.82. The molecular weight excluding hydrogens is 1220 g/mol. The number of rotatable bonds is 32. The van der Waals surface area contributed by atoms with Crippen molar-refractivity contribution in [3.8, 4) is 22.3 Å². The van der Waals surface area contributed by atoms with Gasteiger partial charge >= 0.3 is 5.97 Å². The molecule has 95 heavy (non-hydrogen) atoms. The number of nitrogens with two attached hydrogens (primary N) is 1. The summed E-state index contributed by atoms with van der Waals surface area (Å²) >= 11 is 0. The van der Waals surface area contributed by atoms with Gasteiger partial charge in [0.05, 0.1) is 19.3 Å². The number of primary amides is 1. The van der Waals surface area contributed by atoms with E-state index in [0.29, 0.717) is 12.8 Å². The molecule has 15 atom stereocenters. The smallest absolute Gasteiger partial charge is 0.329 e. The van der Waals surface area contributed by atoms with Crippen molar-refractivity contribution in [1.82, 2.24) is 58.5 Å². The molecule has 27 heteroatoms. The zero-order valence-corrected chi connectivity index (χ0v) is 56.2. The first-order valence-corrected chi connectivity index (χ1v) is 32.8. The monoisotopic (exact) mass is 1320 g/mol. The number of aliphatic hydroxyl groups excluding tert-OH is 2. The summed E-state index contributed by atoms with van der Waals surface area (Å²) in [6.07, 6.45) is -0.147. The minimum Gasteiger partial charge on any atom is -0.458 e. The molecule has 2 aliphatic rings. The fourth-order valence-corrected chi connectivity index (χ4v) is 10.6. The molecule has 27 nitrogen and oxygen atoms in total. The van der Waals surface area contributed by atoms with Crippen LogP contribution < -0.4 is 64.2 Å². The van der Waals surface area contributed by atoms with Crippen molar-refractivity contribution in [2.24, 2.45) is 29.4 Å². The number of hydrogen-bond acceptors (Lipinski definition) is 16. The van der Waals surface area contributed by atoms with Crippen LogP contribution in [0, 0.1) is 23.7 Å². The van der Waals surface area contributed by atoms with Crippen LogP contribution in [0.1, 0.15) is 126 Å². The summed E-state index contributed by atoms with van der Waals surface area (Å²) in [5, 5.41) is 49.8. The van der Waals surface area contributed by atoms with Crippen molar-refractivity contribution in [3.05, 3.63) is 84.4 Å². The Morgan fingerprint density at radius 1 is 0.558 bits per heavy atom. The maximum absolute atomic E-state index is 14.5. The number of amides is 11. The predicted molar refractivity (Wildman–Crippen MR) is 353 cm³/mol. The first-order chi connectivity index (χ1) is 45.1. The summed E-state index contributed by atoms with van der Waals surface area (Å²) < 4.78 is 5.70. The molecule has 3 aromatic rings. The van der Waals surface area contributed by atoms with Gasteiger partial charge in [-0.15, -0.1) is 0 Å². The number of nitrogens with one attached hydrogen (secondary N) is 11. The highest BCUT2D eigenvalue weighted by molar-refractivity contribution is 6.01. The van der Waals surface area contributed by atoms with Gasteiger partial charge in [0, 0.05) is 6.42 Å². The summed E-state index contributed by atoms with van der Waals surface area (Å²) in [7, 11) is 1.61. The Kier molecular flexibility index (Phi) is 29.3. The van der Waals surface area contributed by atoms with Crippen LogP contribution in [0.2, 0.25) is 0 Å². The largest absolute Gasteiger partial charge is 0.458 e. The molecule has 1 saturated carbocycles. The Bertz CT molecular complexity index is 3170. The lowest BCUT2D eigenvalue weighted by Gasteiger charge is -2.31. The van der Waals surface area contributed by atoms with E-state index in [4.69, 9.17) is 10.5 Å². The maximum atomic E-state index is 14.5. The van der Waals surface area contributed by atoms with E-state index >= 15 is 0 Å². The normalized spacial score (nSPS) is 20.6. The van der Waals surface area contributed by atoms with Gasteiger partial charge in [0.25, 0.3) is 0 Å². The molecule has 1 spiro atoms. The molecule has 0 unspecified atom stereocenters. The number of aliphatic hydroxyl groups is 2. The standard InChI is InChI=1S/C68H98N12O15/c1-12-36(5)52(76-59(86)48(70-11)33-42-21-23-44(24-22-42)46-27-25-45(26-28-46)43-19-17-16-18-20-43)62(89)73-49(34-81)60(87)72-47(29-30-51(69)83)58(85)75-54(38(7)14-3)64(91)77-53(37(6)13-2)63(90)74-50(35-82)61(88)78-56-41(10)95-66(93)55(39(8)15-4)79-67(94)68(31-32-68)80-57(84)40(9)71-65(56)92/h16-28,36-41,47-50,52-56,70,81-82H,12-15,29-35H2,1-11H3,(H2,69,83)(H,71,92)(H,72,87)(H,73,89)(H,74,90)(H,75,85)(H,76,86)(H,77,91)(H,78,88)(H,79,94)(H,80,84)/t36-,37-,38-,39-,40-,41-,47+,48+,49-,50-,52-,53-,54+,55-,56+/m0/s1. The van der Waals surface area contributed by atoms with Gasteiger partial charge in [-0.1, -0.05) is 160 Å². The lowest BCUT2D eigenvalue weighted by molar-refractivity contribution is -0.157. The molecule has 15 N–H and O–H groups in total. The van der Waals surface area contributed by atoms with Crippen LogP contribution in [0.4, 0.5) is 0 Å². The number of ether oxygens (including phenoxy) is 1. The molecule has 11 amide bonds. The minimum absolute atomic E-state index is 0.252. The van der Waals surface area contributed by atoms with E-state index in [1.807, 2.05) is 66.7 Å². The van der Waals surface area contributed by atoms with Gasteiger partial charge in [-0.25, -0.2) is 4.79 Å². The van der Waals surface area contributed by atoms with Crippen LogP contribution >= 0.6 is 0 Å². The van der Waals surface area contributed by atoms with Crippen molar-refractivity contribution in [2.75, 3.05) is 20.3 Å². The number of hydrogen-bond donors (Lipinski definition) is 14. The third kappa shape index (κ3) is 21.3. The molecule has 1 heterocycles. The van der Waals surface area contributed by atoms with E-state index in [0.717, 1.165) is 27.8 Å². The number of esters is 1. The van der Waals surface area contributed by atoms with Gasteiger partial charge in [0.1, 0.15) is 66.0 Å². The van der Waals surface area contributed by atoms with E-state index in [2.05, 4.69) is 70.6 Å². The van der Waals surface area contributed by atoms with Crippen molar-refractivity contribution < 1.29 is 72.5 Å². The predicted octanol–water partition coefficient (Wildman–Crippen LogP) is 0.563. The quantitative estimate of drug-likeness (QED) is 0.0380. The van der Waals surface area contributed by atoms with E-state index in [9.17, 15) is 67.7 Å². The Balaban J connectivity index is 1.26. The number of carbonyl (C=O) groups excluding carboxylic acids is 12. The van der Waals surface area contributed by atoms with Crippen molar-refractivity contribution in [2.45, 2.75) is 199 Å². The summed E-state index contributed by atoms with van der Waals surface area (Å²) in [4.78, 5) is 166. The van der Waals surface area contributed by atoms with E-state index in [-0.39, 0.29) is 32.1 Å². The fourth-order valence-electron chi connectivity index (χ4n) is 10.6. The minimum atomic E-state index is -1.80. The zero-order chi connectivity index (χ0) is 70.4. The Labute approximate surface area is 555 Å². The molecule has 0 aromatic heterocycles. The highest BCUT2D eigenvalue weighted by Gasteiger charge is 2.53. The van der Waals surface area contributed by atoms with E-state index in [1.165, 1.54) is 13.8 Å². The van der Waals surface area contributed by atoms with Crippen LogP contribution in [-0.4, -0.2) is 173 Å². The Morgan fingerprint density at radius 2 is 0.989 bits per heavy atom. The van der Waals surface area contributed by atoms with Crippen LogP contribution in [0.25, 0.3) is 22.3 Å². The van der Waals surface area contributed by atoms with Crippen molar-refractivity contribution >= 4 is 70.9 Å². The van der Waals surface area contributed by atoms with Crippen LogP contribution in [-0.2, 0) is 68.7 Å². The lowest BCUT2D eigenvalue weighted by Crippen LogP contribution is -2.63. The molecule has 520 valence electrons. The molecule has 2 fully saturated rings. The molecular formula is C68H98N12O15. The topological polar surface area (TPSA) is 413 Å². The van der Waals surface area contributed by atoms with E-state index in [1.54, 1.807) is 62.4 Å². The molecule has 5 rings (SSSR count). The van der Waals surface area contributed by atoms with Gasteiger partial charge in [-0.3, -0.25) is 52.7 Å². The average molecular weight is 1320 g/mol. The van der Waals surface area contributed by atoms with Gasteiger partial charge < -0.3 is 79.2 Å². The average Bonchev–Trinajstić information content (AvgIpc) is 1.63. The van der Waals surface area contributed by atoms with Gasteiger partial charge in [-0.2, -0.15) is 0 Å². The van der Waals surface area contributed by atoms with Crippen molar-refractivity contribution in [3.63, 3.8) is 0 Å². The van der Waals surface area contributed by atoms with Gasteiger partial charge in [0.2, 0.25) is 65.0 Å². The van der Waals surface area contributed by atoms with Crippen LogP contribution in [0.5, 0.6) is 0 Å². The second-order valence-corrected chi connectivity index (χ2v) is 25.1. The SMILES string of the molecule is CC[C@H](C)[C@H](NC(=O)[C@@H](Cc1ccc(-c2ccc(-c3ccccc3)cc2)cc1)NC)C(=O)N[C@@H](CO)C(=O)N[C@H](CCC(N)=O)C(=O)N[C@@H](C(=O)N[C@H](C(=O)N[C@@H](CO)C(=O)N[C@H]1C(=O)N[C@@H](C)C(=O)NC2(CC2)C(=O)N[C@@H]([C@@H](C)CC)C(=O)O[C@H]1C)[C@@H](C)CC)[C@@H](C)CC. The second-order valence-electron chi connectivity index (χ2n) is 25.1. The highest BCUT2D eigenvalue weighted by Crippen LogP contribution is 2.36. The summed E-state index contributed by atoms with van der Waals surface area (Å²) in [6.45, 7) is 14.3. The second kappa shape index (κ2) is 36.2. The summed E-state index contributed by atoms with van der Waals surface area (Å²) in [6, 6.07) is 11.8. The van der Waals surface area contributed by atoms with E-state index < -0.39 is 193 Å². The van der Waals surface area contributed by atoms with Gasteiger partial charge in [0.15, 0.2) is 0 Å². The fraction of sp³-hybridized carbons (Fsp3) is 0.559. The first kappa shape index (κ1) is 76.9. The number of likely N-dealkylation sites (N-methyl/N-ethyl adjacent to an activating group) is 1. The third-order valence-electron chi connectivity index (χ3n) is 18.1. The first-order valence-electron chi connectivity index (χ1n) is 32.8. The maximum Gasteiger partial charge on any atom is 0.329 e. The number of carbonyl (C=O) groups is 12. The van der Waals surface area contributed by atoms with Crippen molar-refractivity contribution in [1.29, 1.82) is 0 Å². The summed E-state index contributed by atoms with van der Waals surface area (Å²) in [5.74, 6) is -12.8. The molecule has 1 saturated heterocycles. The molecule has 1 aliphatic heterocycles. The lowest BCUT2D eigenvalue weighted by atomic mass is 9.94.